The Balaban J connectivity index is 1.14. The van der Waals surface area contributed by atoms with Gasteiger partial charge in [0.2, 0.25) is 0 Å². The van der Waals surface area contributed by atoms with E-state index in [1.54, 1.807) is 24.3 Å². The van der Waals surface area contributed by atoms with Crippen molar-refractivity contribution >= 4 is 11.4 Å². The zero-order chi connectivity index (χ0) is 37.7. The molecule has 0 amide bonds. The SMILES string of the molecule is Nc1ccc(OCCOCCOCCOCCOCCOCCOCCOCCOCCOCCOCCOCCOc2ccc([N+](=O)[O-])cc2)cc1. The molecule has 0 saturated carbocycles. The maximum atomic E-state index is 10.6. The highest BCUT2D eigenvalue weighted by Gasteiger charge is 2.04. The van der Waals surface area contributed by atoms with Crippen molar-refractivity contribution in [1.29, 1.82) is 0 Å². The van der Waals surface area contributed by atoms with E-state index in [-0.39, 0.29) is 5.69 Å². The van der Waals surface area contributed by atoms with Crippen molar-refractivity contribution in [2.24, 2.45) is 0 Å². The summed E-state index contributed by atoms with van der Waals surface area (Å²) in [5.74, 6) is 1.32. The van der Waals surface area contributed by atoms with Crippen LogP contribution < -0.4 is 15.2 Å². The van der Waals surface area contributed by atoms with Crippen molar-refractivity contribution < 1.29 is 66.5 Å². The van der Waals surface area contributed by atoms with Crippen LogP contribution in [-0.2, 0) is 52.1 Å². The molecule has 0 saturated heterocycles. The Morgan fingerprint density at radius 1 is 0.358 bits per heavy atom. The number of nitrogen functional groups attached to an aromatic ring is 1. The van der Waals surface area contributed by atoms with E-state index in [0.717, 1.165) is 5.75 Å². The molecular weight excluding hydrogens is 700 g/mol. The zero-order valence-electron chi connectivity index (χ0n) is 30.7. The van der Waals surface area contributed by atoms with Crippen LogP contribution in [0.5, 0.6) is 11.5 Å². The minimum atomic E-state index is -0.453. The first-order valence-corrected chi connectivity index (χ1v) is 17.9. The molecule has 0 radical (unpaired) electrons. The predicted octanol–water partition coefficient (Wildman–Crippen LogP) is 2.82. The molecule has 0 spiro atoms. The number of nitro groups is 1. The van der Waals surface area contributed by atoms with Crippen LogP contribution in [0.25, 0.3) is 0 Å². The first-order valence-electron chi connectivity index (χ1n) is 17.9. The third-order valence-electron chi connectivity index (χ3n) is 6.64. The van der Waals surface area contributed by atoms with Gasteiger partial charge in [-0.1, -0.05) is 0 Å². The lowest BCUT2D eigenvalue weighted by Gasteiger charge is -2.09. The average Bonchev–Trinajstić information content (AvgIpc) is 3.17. The highest BCUT2D eigenvalue weighted by molar-refractivity contribution is 5.41. The maximum absolute atomic E-state index is 10.6. The van der Waals surface area contributed by atoms with Crippen LogP contribution >= 0.6 is 0 Å². The minimum Gasteiger partial charge on any atom is -0.491 e. The topological polar surface area (TPSA) is 189 Å². The van der Waals surface area contributed by atoms with Gasteiger partial charge in [0.05, 0.1) is 150 Å². The largest absolute Gasteiger partial charge is 0.491 e. The van der Waals surface area contributed by atoms with Gasteiger partial charge in [-0.25, -0.2) is 0 Å². The molecule has 0 aliphatic rings. The van der Waals surface area contributed by atoms with Crippen molar-refractivity contribution in [2.45, 2.75) is 0 Å². The second-order valence-corrected chi connectivity index (χ2v) is 10.8. The average molecular weight is 759 g/mol. The van der Waals surface area contributed by atoms with Gasteiger partial charge < -0.3 is 67.3 Å². The Morgan fingerprint density at radius 3 is 0.792 bits per heavy atom. The number of hydrogen-bond acceptors (Lipinski definition) is 16. The highest BCUT2D eigenvalue weighted by Crippen LogP contribution is 2.17. The quantitative estimate of drug-likeness (QED) is 0.0453. The molecule has 2 aromatic rings. The van der Waals surface area contributed by atoms with E-state index in [1.807, 2.05) is 12.1 Å². The Morgan fingerprint density at radius 2 is 0.566 bits per heavy atom. The number of nitrogens with two attached hydrogens (primary N) is 1. The summed E-state index contributed by atoms with van der Waals surface area (Å²) in [5.41, 5.74) is 6.37. The number of rotatable bonds is 39. The lowest BCUT2D eigenvalue weighted by atomic mass is 10.3. The Bertz CT molecular complexity index is 1100. The Kier molecular flexibility index (Phi) is 30.0. The van der Waals surface area contributed by atoms with Crippen LogP contribution in [0.2, 0.25) is 0 Å². The first-order chi connectivity index (χ1) is 26.1. The molecule has 17 heteroatoms. The number of hydrogen-bond donors (Lipinski definition) is 1. The fourth-order valence-corrected chi connectivity index (χ4v) is 3.97. The molecule has 53 heavy (non-hydrogen) atoms. The second kappa shape index (κ2) is 34.6. The minimum absolute atomic E-state index is 0.0233. The fraction of sp³-hybridized carbons (Fsp3) is 0.667. The van der Waals surface area contributed by atoms with E-state index in [2.05, 4.69) is 0 Å². The number of anilines is 1. The Labute approximate surface area is 312 Å². The van der Waals surface area contributed by atoms with Crippen LogP contribution in [0.1, 0.15) is 0 Å². The van der Waals surface area contributed by atoms with Gasteiger partial charge in [0.25, 0.3) is 5.69 Å². The maximum Gasteiger partial charge on any atom is 0.269 e. The molecule has 0 aromatic heterocycles. The standard InChI is InChI=1S/C36H58N2O15/c37-33-1-5-35(6-2-33)52-31-29-50-27-25-48-23-21-46-19-17-44-15-13-42-11-9-41-10-12-43-14-16-45-18-20-47-22-24-49-26-28-51-30-32-53-36-7-3-34(4-8-36)38(39)40/h1-8H,9-32,37H2. The van der Waals surface area contributed by atoms with E-state index in [9.17, 15) is 10.1 Å². The summed E-state index contributed by atoms with van der Waals surface area (Å²) in [5, 5.41) is 10.6. The van der Waals surface area contributed by atoms with Crippen LogP contribution in [0.15, 0.2) is 48.5 Å². The van der Waals surface area contributed by atoms with Gasteiger partial charge in [0.1, 0.15) is 24.7 Å². The van der Waals surface area contributed by atoms with E-state index >= 15 is 0 Å². The van der Waals surface area contributed by atoms with E-state index in [0.29, 0.717) is 170 Å². The number of non-ortho nitro benzene ring substituents is 1. The molecule has 2 N–H and O–H groups in total. The molecular formula is C36H58N2O15. The summed E-state index contributed by atoms with van der Waals surface area (Å²) in [7, 11) is 0. The van der Waals surface area contributed by atoms with E-state index in [1.165, 1.54) is 12.1 Å². The molecule has 0 bridgehead atoms. The fourth-order valence-electron chi connectivity index (χ4n) is 3.97. The molecule has 2 aromatic carbocycles. The van der Waals surface area contributed by atoms with Gasteiger partial charge in [-0.3, -0.25) is 10.1 Å². The van der Waals surface area contributed by atoms with Gasteiger partial charge in [-0.15, -0.1) is 0 Å². The van der Waals surface area contributed by atoms with Crippen LogP contribution in [-0.4, -0.2) is 163 Å². The summed E-state index contributed by atoms with van der Waals surface area (Å²) < 4.78 is 71.2. The zero-order valence-corrected chi connectivity index (χ0v) is 30.7. The normalized spacial score (nSPS) is 11.2. The summed E-state index contributed by atoms with van der Waals surface area (Å²) in [4.78, 5) is 10.2. The summed E-state index contributed by atoms with van der Waals surface area (Å²) in [6, 6.07) is 13.1. The predicted molar refractivity (Wildman–Crippen MR) is 194 cm³/mol. The van der Waals surface area contributed by atoms with Crippen molar-refractivity contribution in [3.63, 3.8) is 0 Å². The van der Waals surface area contributed by atoms with Gasteiger partial charge in [-0.2, -0.15) is 0 Å². The van der Waals surface area contributed by atoms with E-state index < -0.39 is 4.92 Å². The monoisotopic (exact) mass is 758 g/mol. The van der Waals surface area contributed by atoms with E-state index in [4.69, 9.17) is 67.3 Å². The van der Waals surface area contributed by atoms with Gasteiger partial charge in [0, 0.05) is 17.8 Å². The van der Waals surface area contributed by atoms with Crippen molar-refractivity contribution in [3.8, 4) is 11.5 Å². The molecule has 0 unspecified atom stereocenters. The number of nitro benzene ring substituents is 1. The third-order valence-corrected chi connectivity index (χ3v) is 6.64. The van der Waals surface area contributed by atoms with Gasteiger partial charge in [0.15, 0.2) is 0 Å². The highest BCUT2D eigenvalue weighted by atomic mass is 16.6. The lowest BCUT2D eigenvalue weighted by Crippen LogP contribution is -2.15. The second-order valence-electron chi connectivity index (χ2n) is 10.8. The molecule has 0 aliphatic carbocycles. The number of benzene rings is 2. The van der Waals surface area contributed by atoms with Gasteiger partial charge >= 0.3 is 0 Å². The van der Waals surface area contributed by atoms with Crippen LogP contribution in [0.4, 0.5) is 11.4 Å². The van der Waals surface area contributed by atoms with Crippen molar-refractivity contribution in [2.75, 3.05) is 164 Å². The Hall–Kier alpha value is -3.20. The molecule has 0 fully saturated rings. The van der Waals surface area contributed by atoms with Crippen molar-refractivity contribution in [1.82, 2.24) is 0 Å². The summed E-state index contributed by atoms with van der Waals surface area (Å²) in [6.07, 6.45) is 0. The third kappa shape index (κ3) is 28.9. The molecule has 2 rings (SSSR count). The lowest BCUT2D eigenvalue weighted by molar-refractivity contribution is -0.384. The van der Waals surface area contributed by atoms with Crippen LogP contribution in [0, 0.1) is 10.1 Å². The smallest absolute Gasteiger partial charge is 0.269 e. The van der Waals surface area contributed by atoms with Crippen molar-refractivity contribution in [3.05, 3.63) is 58.6 Å². The number of nitrogens with zero attached hydrogens (tertiary/aromatic N) is 1. The number of ether oxygens (including phenoxy) is 13. The molecule has 0 atom stereocenters. The van der Waals surface area contributed by atoms with Gasteiger partial charge in [-0.05, 0) is 36.4 Å². The molecule has 17 nitrogen and oxygen atoms in total. The molecule has 302 valence electrons. The molecule has 0 heterocycles. The summed E-state index contributed by atoms with van der Waals surface area (Å²) in [6.45, 7) is 11.3. The first kappa shape index (κ1) is 46.0. The molecule has 0 aliphatic heterocycles. The van der Waals surface area contributed by atoms with Crippen LogP contribution in [0.3, 0.4) is 0 Å². The summed E-state index contributed by atoms with van der Waals surface area (Å²) >= 11 is 0.